The molecule has 0 spiro atoms. The number of ether oxygens (including phenoxy) is 1. The molecule has 2 N–H and O–H groups in total. The largest absolute Gasteiger partial charge is 0.462 e. The van der Waals surface area contributed by atoms with Gasteiger partial charge in [-0.3, -0.25) is 0 Å². The van der Waals surface area contributed by atoms with Crippen molar-refractivity contribution in [1.29, 1.82) is 0 Å². The summed E-state index contributed by atoms with van der Waals surface area (Å²) in [6.45, 7) is 1.83. The summed E-state index contributed by atoms with van der Waals surface area (Å²) in [5, 5.41) is 0. The van der Waals surface area contributed by atoms with Crippen molar-refractivity contribution in [3.63, 3.8) is 0 Å². The molecule has 0 unspecified atom stereocenters. The van der Waals surface area contributed by atoms with Gasteiger partial charge in [-0.2, -0.15) is 0 Å². The van der Waals surface area contributed by atoms with E-state index in [1.807, 2.05) is 0 Å². The number of imidazole rings is 1. The van der Waals surface area contributed by atoms with Crippen molar-refractivity contribution >= 4 is 17.0 Å². The number of benzene rings is 1. The van der Waals surface area contributed by atoms with Crippen LogP contribution in [0.1, 0.15) is 17.3 Å². The van der Waals surface area contributed by atoms with Crippen molar-refractivity contribution < 1.29 is 13.9 Å². The van der Waals surface area contributed by atoms with Gasteiger partial charge < -0.3 is 14.7 Å². The van der Waals surface area contributed by atoms with Crippen molar-refractivity contribution in [1.82, 2.24) is 9.97 Å². The Hall–Kier alpha value is -2.11. The van der Waals surface area contributed by atoms with Crippen molar-refractivity contribution in [2.45, 2.75) is 6.92 Å². The second kappa shape index (κ2) is 3.80. The number of H-pyrrole nitrogens is 2. The summed E-state index contributed by atoms with van der Waals surface area (Å²) < 4.78 is 17.9. The minimum atomic E-state index is -0.665. The Morgan fingerprint density at radius 1 is 1.44 bits per heavy atom. The summed E-state index contributed by atoms with van der Waals surface area (Å²) >= 11 is 0. The number of aromatic nitrogens is 2. The quantitative estimate of drug-likeness (QED) is 0.752. The predicted molar refractivity (Wildman–Crippen MR) is 54.8 cm³/mol. The maximum atomic E-state index is 13.2. The monoisotopic (exact) mass is 224 g/mol. The fourth-order valence-corrected chi connectivity index (χ4v) is 1.48. The molecule has 16 heavy (non-hydrogen) atoms. The normalized spacial score (nSPS) is 10.6. The number of esters is 1. The van der Waals surface area contributed by atoms with Crippen LogP contribution in [0.25, 0.3) is 11.0 Å². The molecule has 0 amide bonds. The molecule has 84 valence electrons. The van der Waals surface area contributed by atoms with Gasteiger partial charge in [0.05, 0.1) is 23.2 Å². The number of rotatable bonds is 2. The average molecular weight is 224 g/mol. The Morgan fingerprint density at radius 3 is 2.88 bits per heavy atom. The van der Waals surface area contributed by atoms with Gasteiger partial charge in [0.15, 0.2) is 0 Å². The summed E-state index contributed by atoms with van der Waals surface area (Å²) in [4.78, 5) is 27.3. The number of fused-ring (bicyclic) bond motifs is 1. The lowest BCUT2D eigenvalue weighted by molar-refractivity contribution is 0.0528. The van der Waals surface area contributed by atoms with Gasteiger partial charge in [-0.1, -0.05) is 0 Å². The molecule has 6 heteroatoms. The van der Waals surface area contributed by atoms with E-state index in [9.17, 15) is 14.0 Å². The zero-order chi connectivity index (χ0) is 11.7. The van der Waals surface area contributed by atoms with Crippen LogP contribution < -0.4 is 5.69 Å². The third kappa shape index (κ3) is 1.69. The molecular formula is C10H9FN2O3. The number of nitrogens with one attached hydrogen (secondary N) is 2. The van der Waals surface area contributed by atoms with Crippen molar-refractivity contribution in [2.75, 3.05) is 6.61 Å². The van der Waals surface area contributed by atoms with Gasteiger partial charge >= 0.3 is 11.7 Å². The Labute approximate surface area is 89.2 Å². The molecule has 0 saturated carbocycles. The molecule has 2 rings (SSSR count). The van der Waals surface area contributed by atoms with Crippen molar-refractivity contribution in [2.24, 2.45) is 0 Å². The molecule has 5 nitrogen and oxygen atoms in total. The summed E-state index contributed by atoms with van der Waals surface area (Å²) in [5.41, 5.74) is 0.0132. The first kappa shape index (κ1) is 10.4. The Bertz CT molecular complexity index is 600. The highest BCUT2D eigenvalue weighted by Gasteiger charge is 2.15. The number of hydrogen-bond donors (Lipinski definition) is 2. The lowest BCUT2D eigenvalue weighted by atomic mass is 10.2. The standard InChI is InChI=1S/C10H9FN2O3/c1-2-16-9(14)6-3-5(11)4-7-8(6)13-10(15)12-7/h3-4H,2H2,1H3,(H2,12,13,15). The number of aromatic amines is 2. The predicted octanol–water partition coefficient (Wildman–Crippen LogP) is 1.17. The molecule has 0 aliphatic carbocycles. The first-order chi connectivity index (χ1) is 7.61. The van der Waals surface area contributed by atoms with Crippen LogP contribution in [0.5, 0.6) is 0 Å². The fraction of sp³-hybridized carbons (Fsp3) is 0.200. The maximum absolute atomic E-state index is 13.2. The minimum Gasteiger partial charge on any atom is -0.462 e. The fourth-order valence-electron chi connectivity index (χ4n) is 1.48. The molecule has 0 aliphatic rings. The molecule has 1 heterocycles. The lowest BCUT2D eigenvalue weighted by Gasteiger charge is -2.02. The third-order valence-electron chi connectivity index (χ3n) is 2.09. The lowest BCUT2D eigenvalue weighted by Crippen LogP contribution is -2.06. The number of carbonyl (C=O) groups excluding carboxylic acids is 1. The highest BCUT2D eigenvalue weighted by molar-refractivity contribution is 6.01. The topological polar surface area (TPSA) is 75.0 Å². The Balaban J connectivity index is 2.67. The van der Waals surface area contributed by atoms with E-state index in [1.54, 1.807) is 6.92 Å². The zero-order valence-corrected chi connectivity index (χ0v) is 8.46. The number of halogens is 1. The summed E-state index contributed by atoms with van der Waals surface area (Å²) in [6, 6.07) is 2.17. The first-order valence-electron chi connectivity index (χ1n) is 4.70. The van der Waals surface area contributed by atoms with Gasteiger partial charge in [0, 0.05) is 0 Å². The molecule has 1 aromatic heterocycles. The van der Waals surface area contributed by atoms with Gasteiger partial charge in [-0.25, -0.2) is 14.0 Å². The molecule has 0 saturated heterocycles. The van der Waals surface area contributed by atoms with Gasteiger partial charge in [0.2, 0.25) is 0 Å². The molecule has 2 aromatic rings. The molecule has 1 aromatic carbocycles. The molecule has 0 bridgehead atoms. The SMILES string of the molecule is CCOC(=O)c1cc(F)cc2[nH]c(=O)[nH]c12. The van der Waals surface area contributed by atoms with Crippen LogP contribution in [0.2, 0.25) is 0 Å². The van der Waals surface area contributed by atoms with Crippen molar-refractivity contribution in [3.05, 3.63) is 34.0 Å². The number of carbonyl (C=O) groups is 1. The smallest absolute Gasteiger partial charge is 0.340 e. The molecule has 0 radical (unpaired) electrons. The highest BCUT2D eigenvalue weighted by Crippen LogP contribution is 2.16. The summed E-state index contributed by atoms with van der Waals surface area (Å²) in [7, 11) is 0. The molecule has 0 fully saturated rings. The van der Waals surface area contributed by atoms with Gasteiger partial charge in [0.1, 0.15) is 5.82 Å². The zero-order valence-electron chi connectivity index (χ0n) is 8.46. The van der Waals surface area contributed by atoms with E-state index < -0.39 is 17.5 Å². The Kier molecular flexibility index (Phi) is 2.47. The first-order valence-corrected chi connectivity index (χ1v) is 4.70. The summed E-state index contributed by atoms with van der Waals surface area (Å²) in [6.07, 6.45) is 0. The maximum Gasteiger partial charge on any atom is 0.340 e. The number of hydrogen-bond acceptors (Lipinski definition) is 3. The van der Waals surface area contributed by atoms with Crippen LogP contribution in [0.15, 0.2) is 16.9 Å². The van der Waals surface area contributed by atoms with Crippen LogP contribution in [0, 0.1) is 5.82 Å². The van der Waals surface area contributed by atoms with Gasteiger partial charge in [-0.05, 0) is 19.1 Å². The second-order valence-corrected chi connectivity index (χ2v) is 3.18. The van der Waals surface area contributed by atoms with Crippen LogP contribution in [0.4, 0.5) is 4.39 Å². The van der Waals surface area contributed by atoms with Crippen LogP contribution in [-0.2, 0) is 4.74 Å². The Morgan fingerprint density at radius 2 is 2.19 bits per heavy atom. The van der Waals surface area contributed by atoms with Crippen molar-refractivity contribution in [3.8, 4) is 0 Å². The molecule has 0 aliphatic heterocycles. The van der Waals surface area contributed by atoms with E-state index in [-0.39, 0.29) is 23.2 Å². The highest BCUT2D eigenvalue weighted by atomic mass is 19.1. The third-order valence-corrected chi connectivity index (χ3v) is 2.09. The molecule has 0 atom stereocenters. The van der Waals surface area contributed by atoms with Crippen LogP contribution in [-0.4, -0.2) is 22.5 Å². The molecular weight excluding hydrogens is 215 g/mol. The van der Waals surface area contributed by atoms with Crippen LogP contribution in [0.3, 0.4) is 0 Å². The van der Waals surface area contributed by atoms with E-state index >= 15 is 0 Å². The van der Waals surface area contributed by atoms with Crippen LogP contribution >= 0.6 is 0 Å². The van der Waals surface area contributed by atoms with Gasteiger partial charge in [0.25, 0.3) is 0 Å². The average Bonchev–Trinajstić information content (AvgIpc) is 2.57. The van der Waals surface area contributed by atoms with Gasteiger partial charge in [-0.15, -0.1) is 0 Å². The van der Waals surface area contributed by atoms with E-state index in [4.69, 9.17) is 4.74 Å². The van der Waals surface area contributed by atoms with E-state index in [0.29, 0.717) is 0 Å². The van der Waals surface area contributed by atoms with E-state index in [1.165, 1.54) is 0 Å². The summed E-state index contributed by atoms with van der Waals surface area (Å²) in [5.74, 6) is -1.27. The van der Waals surface area contributed by atoms with E-state index in [0.717, 1.165) is 12.1 Å². The van der Waals surface area contributed by atoms with E-state index in [2.05, 4.69) is 9.97 Å². The minimum absolute atomic E-state index is 0.00944. The second-order valence-electron chi connectivity index (χ2n) is 3.18.